The van der Waals surface area contributed by atoms with Gasteiger partial charge in [-0.25, -0.2) is 9.97 Å². The van der Waals surface area contributed by atoms with E-state index in [1.54, 1.807) is 0 Å². The number of rotatable bonds is 4. The molecule has 41 heavy (non-hydrogen) atoms. The number of isothiocyanates is 2. The minimum atomic E-state index is 0.273. The third-order valence-corrected chi connectivity index (χ3v) is 7.79. The summed E-state index contributed by atoms with van der Waals surface area (Å²) < 4.78 is 2.28. The van der Waals surface area contributed by atoms with Crippen LogP contribution in [0.2, 0.25) is 0 Å². The first-order valence-corrected chi connectivity index (χ1v) is 13.7. The summed E-state index contributed by atoms with van der Waals surface area (Å²) in [6, 6.07) is 29.7. The third-order valence-electron chi connectivity index (χ3n) is 7.61. The first-order valence-electron chi connectivity index (χ1n) is 12.8. The number of aromatic nitrogens is 4. The number of aliphatic imine (C=N–C) groups is 2. The summed E-state index contributed by atoms with van der Waals surface area (Å²) in [7, 11) is 0. The largest absolute Gasteiger partial charge is 0.308 e. The van der Waals surface area contributed by atoms with Gasteiger partial charge in [-0.3, -0.25) is 4.98 Å². The maximum atomic E-state index is 4.82. The fraction of sp³-hybridized carbons (Fsp3) is 0. The molecule has 0 bridgehead atoms. The Morgan fingerprint density at radius 1 is 0.634 bits per heavy atom. The zero-order valence-corrected chi connectivity index (χ0v) is 22.9. The van der Waals surface area contributed by atoms with Gasteiger partial charge in [0.25, 0.3) is 0 Å². The molecule has 0 saturated carbocycles. The van der Waals surface area contributed by atoms with E-state index >= 15 is 0 Å². The van der Waals surface area contributed by atoms with Crippen molar-refractivity contribution in [3.05, 3.63) is 97.3 Å². The number of para-hydroxylation sites is 1. The standard InChI is InChI=1S/C33H16N6S2/c40-17-35-32-33(36-18-41)38-31-26-12-11-21(24-8-4-9-25(29(24)26)30(31)37-32)19-5-3-6-20(15-19)39-27-10-2-1-7-22(27)23-13-14-34-16-28(23)39/h1-16H. The summed E-state index contributed by atoms with van der Waals surface area (Å²) in [5, 5.41) is 9.32. The van der Waals surface area contributed by atoms with Gasteiger partial charge in [0.1, 0.15) is 0 Å². The highest BCUT2D eigenvalue weighted by Crippen LogP contribution is 2.49. The van der Waals surface area contributed by atoms with E-state index in [1.807, 2.05) is 12.4 Å². The number of pyridine rings is 1. The number of nitrogens with zero attached hydrogens (tertiary/aromatic N) is 6. The first-order chi connectivity index (χ1) is 20.3. The topological polar surface area (TPSA) is 68.3 Å². The van der Waals surface area contributed by atoms with Crippen LogP contribution in [-0.4, -0.2) is 29.8 Å². The number of benzene rings is 4. The summed E-state index contributed by atoms with van der Waals surface area (Å²) in [5.74, 6) is 0.545. The Labute approximate surface area is 244 Å². The minimum Gasteiger partial charge on any atom is -0.308 e. The van der Waals surface area contributed by atoms with Gasteiger partial charge in [-0.1, -0.05) is 60.7 Å². The highest BCUT2D eigenvalue weighted by molar-refractivity contribution is 7.78. The summed E-state index contributed by atoms with van der Waals surface area (Å²) >= 11 is 9.65. The van der Waals surface area contributed by atoms with Gasteiger partial charge in [-0.2, -0.15) is 9.98 Å². The van der Waals surface area contributed by atoms with Crippen LogP contribution < -0.4 is 0 Å². The van der Waals surface area contributed by atoms with Crippen LogP contribution in [0.5, 0.6) is 0 Å². The molecule has 0 saturated heterocycles. The van der Waals surface area contributed by atoms with Crippen molar-refractivity contribution < 1.29 is 0 Å². The lowest BCUT2D eigenvalue weighted by molar-refractivity contribution is 1.17. The number of thiocarbonyl (C=S) groups is 2. The van der Waals surface area contributed by atoms with Crippen LogP contribution in [0.1, 0.15) is 0 Å². The van der Waals surface area contributed by atoms with Gasteiger partial charge < -0.3 is 4.57 Å². The summed E-state index contributed by atoms with van der Waals surface area (Å²) in [4.78, 5) is 22.1. The van der Waals surface area contributed by atoms with E-state index in [0.29, 0.717) is 0 Å². The van der Waals surface area contributed by atoms with Crippen molar-refractivity contribution in [2.75, 3.05) is 0 Å². The normalized spacial score (nSPS) is 11.4. The molecule has 0 unspecified atom stereocenters. The van der Waals surface area contributed by atoms with Crippen LogP contribution in [-0.2, 0) is 0 Å². The molecular formula is C33H16N6S2. The molecule has 1 aliphatic carbocycles. The number of hydrogen-bond acceptors (Lipinski definition) is 7. The Morgan fingerprint density at radius 2 is 1.32 bits per heavy atom. The third kappa shape index (κ3) is 3.47. The quantitative estimate of drug-likeness (QED) is 0.159. The van der Waals surface area contributed by atoms with E-state index in [0.717, 1.165) is 61.1 Å². The van der Waals surface area contributed by atoms with E-state index in [2.05, 4.69) is 115 Å². The average molecular weight is 561 g/mol. The Morgan fingerprint density at radius 3 is 2.12 bits per heavy atom. The molecule has 0 radical (unpaired) electrons. The van der Waals surface area contributed by atoms with E-state index in [9.17, 15) is 0 Å². The molecule has 4 aromatic carbocycles. The van der Waals surface area contributed by atoms with Crippen LogP contribution >= 0.6 is 24.4 Å². The summed E-state index contributed by atoms with van der Waals surface area (Å²) in [5.41, 5.74) is 8.97. The molecule has 1 aliphatic rings. The van der Waals surface area contributed by atoms with Crippen molar-refractivity contribution in [2.45, 2.75) is 0 Å². The zero-order chi connectivity index (χ0) is 27.5. The lowest BCUT2D eigenvalue weighted by Gasteiger charge is -2.12. The fourth-order valence-corrected chi connectivity index (χ4v) is 6.16. The average Bonchev–Trinajstić information content (AvgIpc) is 3.51. The molecule has 190 valence electrons. The Hall–Kier alpha value is -5.23. The summed E-state index contributed by atoms with van der Waals surface area (Å²) in [6.07, 6.45) is 3.78. The Balaban J connectivity index is 1.35. The van der Waals surface area contributed by atoms with Crippen molar-refractivity contribution in [3.8, 4) is 39.3 Å². The van der Waals surface area contributed by atoms with Gasteiger partial charge in [0.15, 0.2) is 0 Å². The lowest BCUT2D eigenvalue weighted by atomic mass is 9.94. The maximum Gasteiger partial charge on any atom is 0.209 e. The Bertz CT molecular complexity index is 2240. The van der Waals surface area contributed by atoms with Gasteiger partial charge in [0.05, 0.1) is 38.9 Å². The smallest absolute Gasteiger partial charge is 0.209 e. The van der Waals surface area contributed by atoms with Crippen LogP contribution in [0.4, 0.5) is 11.6 Å². The molecule has 0 aliphatic heterocycles. The van der Waals surface area contributed by atoms with Crippen LogP contribution in [0.3, 0.4) is 0 Å². The van der Waals surface area contributed by atoms with Crippen molar-refractivity contribution >= 4 is 79.0 Å². The molecule has 0 spiro atoms. The minimum absolute atomic E-state index is 0.273. The number of fused-ring (bicyclic) bond motifs is 6. The van der Waals surface area contributed by atoms with Gasteiger partial charge in [0, 0.05) is 39.2 Å². The summed E-state index contributed by atoms with van der Waals surface area (Å²) in [6.45, 7) is 0. The van der Waals surface area contributed by atoms with E-state index < -0.39 is 0 Å². The lowest BCUT2D eigenvalue weighted by Crippen LogP contribution is -1.94. The monoisotopic (exact) mass is 560 g/mol. The molecular weight excluding hydrogens is 545 g/mol. The fourth-order valence-electron chi connectivity index (χ4n) is 5.99. The molecule has 0 fully saturated rings. The van der Waals surface area contributed by atoms with E-state index in [4.69, 9.17) is 34.4 Å². The van der Waals surface area contributed by atoms with Crippen molar-refractivity contribution in [1.82, 2.24) is 19.5 Å². The van der Waals surface area contributed by atoms with Crippen molar-refractivity contribution in [1.29, 1.82) is 0 Å². The molecule has 0 atom stereocenters. The highest BCUT2D eigenvalue weighted by atomic mass is 32.1. The van der Waals surface area contributed by atoms with Gasteiger partial charge in [0.2, 0.25) is 11.6 Å². The molecule has 8 heteroatoms. The first kappa shape index (κ1) is 23.6. The molecule has 3 heterocycles. The predicted molar refractivity (Wildman–Crippen MR) is 171 cm³/mol. The van der Waals surface area contributed by atoms with Crippen LogP contribution in [0, 0.1) is 0 Å². The van der Waals surface area contributed by atoms with Gasteiger partial charge in [-0.05, 0) is 65.2 Å². The molecule has 8 rings (SSSR count). The van der Waals surface area contributed by atoms with Gasteiger partial charge in [-0.15, -0.1) is 0 Å². The van der Waals surface area contributed by atoms with Crippen LogP contribution in [0.15, 0.2) is 107 Å². The van der Waals surface area contributed by atoms with Crippen molar-refractivity contribution in [3.63, 3.8) is 0 Å². The van der Waals surface area contributed by atoms with Gasteiger partial charge >= 0.3 is 0 Å². The van der Waals surface area contributed by atoms with Crippen molar-refractivity contribution in [2.24, 2.45) is 9.98 Å². The van der Waals surface area contributed by atoms with E-state index in [1.165, 1.54) is 10.8 Å². The zero-order valence-electron chi connectivity index (χ0n) is 21.2. The molecule has 3 aromatic heterocycles. The molecule has 6 nitrogen and oxygen atoms in total. The SMILES string of the molecule is S=C=Nc1nc2c(nc1N=C=S)-c1ccc(-c3cccc(-n4c5ccccc5c5ccncc54)c3)c3cccc-2c13. The second-order valence-corrected chi connectivity index (χ2v) is 10.0. The Kier molecular flexibility index (Phi) is 5.29. The molecule has 0 amide bonds. The predicted octanol–water partition coefficient (Wildman–Crippen LogP) is 8.90. The number of hydrogen-bond donors (Lipinski definition) is 0. The van der Waals surface area contributed by atoms with E-state index in [-0.39, 0.29) is 11.6 Å². The molecule has 0 N–H and O–H groups in total. The maximum absolute atomic E-state index is 4.82. The highest BCUT2D eigenvalue weighted by Gasteiger charge is 2.27. The second-order valence-electron chi connectivity index (χ2n) is 9.66. The second kappa shape index (κ2) is 9.17. The van der Waals surface area contributed by atoms with Crippen LogP contribution in [0.25, 0.3) is 71.9 Å². The molecule has 7 aromatic rings.